The van der Waals surface area contributed by atoms with Crippen LogP contribution >= 0.6 is 22.9 Å². The molecule has 0 bridgehead atoms. The lowest BCUT2D eigenvalue weighted by molar-refractivity contribution is 0.0957. The molecule has 31 heavy (non-hydrogen) atoms. The molecule has 0 fully saturated rings. The summed E-state index contributed by atoms with van der Waals surface area (Å²) in [4.78, 5) is 17.7. The highest BCUT2D eigenvalue weighted by Gasteiger charge is 2.11. The normalized spacial score (nSPS) is 11.0. The van der Waals surface area contributed by atoms with Gasteiger partial charge in [0.1, 0.15) is 11.6 Å². The van der Waals surface area contributed by atoms with Gasteiger partial charge in [-0.3, -0.25) is 4.79 Å². The number of rotatable bonds is 10. The number of thiophene rings is 1. The summed E-state index contributed by atoms with van der Waals surface area (Å²) in [6.07, 6.45) is 2.47. The van der Waals surface area contributed by atoms with Crippen molar-refractivity contribution in [2.24, 2.45) is 0 Å². The molecule has 0 aliphatic heterocycles. The van der Waals surface area contributed by atoms with Gasteiger partial charge in [-0.05, 0) is 48.6 Å². The third-order valence-corrected chi connectivity index (χ3v) is 6.14. The first kappa shape index (κ1) is 21.4. The van der Waals surface area contributed by atoms with Gasteiger partial charge >= 0.3 is 0 Å². The van der Waals surface area contributed by atoms with Crippen LogP contribution < -0.4 is 10.1 Å². The van der Waals surface area contributed by atoms with Gasteiger partial charge in [-0.15, -0.1) is 11.3 Å². The van der Waals surface area contributed by atoms with Gasteiger partial charge in [0, 0.05) is 19.5 Å². The van der Waals surface area contributed by atoms with Gasteiger partial charge in [-0.25, -0.2) is 4.98 Å². The fraction of sp³-hybridized carbons (Fsp3) is 0.250. The van der Waals surface area contributed by atoms with Crippen LogP contribution in [-0.2, 0) is 13.0 Å². The summed E-state index contributed by atoms with van der Waals surface area (Å²) in [6.45, 7) is 2.00. The molecule has 5 nitrogen and oxygen atoms in total. The van der Waals surface area contributed by atoms with E-state index in [-0.39, 0.29) is 5.91 Å². The monoisotopic (exact) mass is 453 g/mol. The number of amides is 1. The molecule has 0 aliphatic rings. The number of para-hydroxylation sites is 3. The molecule has 2 heterocycles. The molecule has 0 radical (unpaired) electrons. The SMILES string of the molecule is O=C(NCCCc1nc2ccccc2n1CCCOc1ccccc1Cl)c1cccs1. The van der Waals surface area contributed by atoms with E-state index in [1.54, 1.807) is 0 Å². The van der Waals surface area contributed by atoms with Crippen molar-refractivity contribution in [3.05, 3.63) is 81.8 Å². The maximum atomic E-state index is 12.1. The smallest absolute Gasteiger partial charge is 0.261 e. The van der Waals surface area contributed by atoms with Crippen molar-refractivity contribution in [2.75, 3.05) is 13.2 Å². The first-order valence-electron chi connectivity index (χ1n) is 10.4. The summed E-state index contributed by atoms with van der Waals surface area (Å²) in [7, 11) is 0. The number of benzene rings is 2. The average Bonchev–Trinajstić information content (AvgIpc) is 3.44. The molecule has 7 heteroatoms. The number of carbonyl (C=O) groups is 1. The third-order valence-electron chi connectivity index (χ3n) is 4.96. The minimum absolute atomic E-state index is 0.0137. The molecule has 0 saturated heterocycles. The van der Waals surface area contributed by atoms with Crippen molar-refractivity contribution in [1.82, 2.24) is 14.9 Å². The number of hydrogen-bond acceptors (Lipinski definition) is 4. The quantitative estimate of drug-likeness (QED) is 0.319. The van der Waals surface area contributed by atoms with Gasteiger partial charge in [0.25, 0.3) is 5.91 Å². The summed E-state index contributed by atoms with van der Waals surface area (Å²) in [6, 6.07) is 19.4. The Morgan fingerprint density at radius 1 is 1.06 bits per heavy atom. The van der Waals surface area contributed by atoms with E-state index in [2.05, 4.69) is 16.0 Å². The van der Waals surface area contributed by atoms with Crippen LogP contribution in [0.15, 0.2) is 66.0 Å². The zero-order chi connectivity index (χ0) is 21.5. The standard InChI is InChI=1S/C24H24ClN3O2S/c25-18-8-1-4-11-21(18)30-16-7-15-28-20-10-3-2-9-19(20)27-23(28)13-5-14-26-24(29)22-12-6-17-31-22/h1-4,6,8-12,17H,5,7,13-16H2,(H,26,29). The fourth-order valence-corrected chi connectivity index (χ4v) is 4.31. The predicted octanol–water partition coefficient (Wildman–Crippen LogP) is 5.58. The molecular formula is C24H24ClN3O2S. The molecule has 4 rings (SSSR count). The Morgan fingerprint density at radius 2 is 1.90 bits per heavy atom. The van der Waals surface area contributed by atoms with Crippen LogP contribution in [0.25, 0.3) is 11.0 Å². The molecule has 2 aromatic heterocycles. The number of ether oxygens (including phenoxy) is 1. The number of halogens is 1. The van der Waals surface area contributed by atoms with Crippen molar-refractivity contribution in [3.63, 3.8) is 0 Å². The van der Waals surface area contributed by atoms with Crippen molar-refractivity contribution in [3.8, 4) is 5.75 Å². The predicted molar refractivity (Wildman–Crippen MR) is 126 cm³/mol. The van der Waals surface area contributed by atoms with E-state index in [1.807, 2.05) is 60.0 Å². The summed E-state index contributed by atoms with van der Waals surface area (Å²) < 4.78 is 8.09. The molecular weight excluding hydrogens is 430 g/mol. The summed E-state index contributed by atoms with van der Waals surface area (Å²) in [5.74, 6) is 1.73. The van der Waals surface area contributed by atoms with Crippen LogP contribution in [0.1, 0.15) is 28.3 Å². The third kappa shape index (κ3) is 5.46. The molecule has 0 saturated carbocycles. The maximum absolute atomic E-state index is 12.1. The highest BCUT2D eigenvalue weighted by Crippen LogP contribution is 2.23. The number of aromatic nitrogens is 2. The molecule has 4 aromatic rings. The largest absolute Gasteiger partial charge is 0.492 e. The zero-order valence-electron chi connectivity index (χ0n) is 17.1. The van der Waals surface area contributed by atoms with Gasteiger partial charge in [0.15, 0.2) is 0 Å². The number of aryl methyl sites for hydroxylation is 2. The van der Waals surface area contributed by atoms with E-state index in [9.17, 15) is 4.79 Å². The van der Waals surface area contributed by atoms with Crippen LogP contribution in [0.4, 0.5) is 0 Å². The lowest BCUT2D eigenvalue weighted by Gasteiger charge is -2.11. The van der Waals surface area contributed by atoms with Gasteiger partial charge in [-0.2, -0.15) is 0 Å². The van der Waals surface area contributed by atoms with E-state index in [1.165, 1.54) is 11.3 Å². The lowest BCUT2D eigenvalue weighted by atomic mass is 10.2. The van der Waals surface area contributed by atoms with Crippen LogP contribution in [-0.4, -0.2) is 28.6 Å². The van der Waals surface area contributed by atoms with Gasteiger partial charge in [-0.1, -0.05) is 41.9 Å². The number of nitrogens with one attached hydrogen (secondary N) is 1. The Kier molecular flexibility index (Phi) is 7.22. The first-order valence-corrected chi connectivity index (χ1v) is 11.6. The van der Waals surface area contributed by atoms with E-state index >= 15 is 0 Å². The lowest BCUT2D eigenvalue weighted by Crippen LogP contribution is -2.24. The molecule has 0 unspecified atom stereocenters. The highest BCUT2D eigenvalue weighted by molar-refractivity contribution is 7.12. The first-order chi connectivity index (χ1) is 15.2. The number of fused-ring (bicyclic) bond motifs is 1. The molecule has 160 valence electrons. The van der Waals surface area contributed by atoms with Crippen LogP contribution in [0, 0.1) is 0 Å². The summed E-state index contributed by atoms with van der Waals surface area (Å²) in [5.41, 5.74) is 2.12. The zero-order valence-corrected chi connectivity index (χ0v) is 18.7. The Morgan fingerprint density at radius 3 is 2.74 bits per heavy atom. The van der Waals surface area contributed by atoms with Gasteiger partial charge < -0.3 is 14.6 Å². The molecule has 0 spiro atoms. The molecule has 0 aliphatic carbocycles. The summed E-state index contributed by atoms with van der Waals surface area (Å²) >= 11 is 7.62. The van der Waals surface area contributed by atoms with Crippen LogP contribution in [0.2, 0.25) is 5.02 Å². The number of nitrogens with zero attached hydrogens (tertiary/aromatic N) is 2. The Bertz CT molecular complexity index is 1140. The van der Waals surface area contributed by atoms with E-state index in [4.69, 9.17) is 21.3 Å². The summed E-state index contributed by atoms with van der Waals surface area (Å²) in [5, 5.41) is 5.52. The van der Waals surface area contributed by atoms with Crippen molar-refractivity contribution < 1.29 is 9.53 Å². The minimum Gasteiger partial charge on any atom is -0.492 e. The van der Waals surface area contributed by atoms with E-state index in [0.29, 0.717) is 23.9 Å². The Hall–Kier alpha value is -2.83. The van der Waals surface area contributed by atoms with Crippen molar-refractivity contribution >= 4 is 39.9 Å². The topological polar surface area (TPSA) is 56.2 Å². The van der Waals surface area contributed by atoms with Crippen LogP contribution in [0.5, 0.6) is 5.75 Å². The fourth-order valence-electron chi connectivity index (χ4n) is 3.48. The van der Waals surface area contributed by atoms with Crippen molar-refractivity contribution in [1.29, 1.82) is 0 Å². The average molecular weight is 454 g/mol. The molecule has 0 atom stereocenters. The van der Waals surface area contributed by atoms with E-state index in [0.717, 1.165) is 47.5 Å². The van der Waals surface area contributed by atoms with Gasteiger partial charge in [0.2, 0.25) is 0 Å². The van der Waals surface area contributed by atoms with Crippen molar-refractivity contribution in [2.45, 2.75) is 25.8 Å². The van der Waals surface area contributed by atoms with Gasteiger partial charge in [0.05, 0.1) is 27.5 Å². The second-order valence-electron chi connectivity index (χ2n) is 7.14. The molecule has 1 N–H and O–H groups in total. The minimum atomic E-state index is -0.0137. The molecule has 2 aromatic carbocycles. The maximum Gasteiger partial charge on any atom is 0.261 e. The Balaban J connectivity index is 1.34. The number of carbonyl (C=O) groups excluding carboxylic acids is 1. The molecule has 1 amide bonds. The Labute approximate surface area is 190 Å². The number of imidazole rings is 1. The van der Waals surface area contributed by atoms with Crippen LogP contribution in [0.3, 0.4) is 0 Å². The highest BCUT2D eigenvalue weighted by atomic mass is 35.5. The van der Waals surface area contributed by atoms with E-state index < -0.39 is 0 Å². The number of hydrogen-bond donors (Lipinski definition) is 1. The second kappa shape index (κ2) is 10.5. The second-order valence-corrected chi connectivity index (χ2v) is 8.49.